The molecule has 3 nitrogen and oxygen atoms in total. The van der Waals surface area contributed by atoms with E-state index in [0.717, 1.165) is 6.07 Å². The van der Waals surface area contributed by atoms with Crippen LogP contribution in [0.1, 0.15) is 22.3 Å². The van der Waals surface area contributed by atoms with Gasteiger partial charge in [0.05, 0.1) is 16.8 Å². The third-order valence-electron chi connectivity index (χ3n) is 2.15. The molecule has 0 amide bonds. The quantitative estimate of drug-likeness (QED) is 0.687. The van der Waals surface area contributed by atoms with Crippen molar-refractivity contribution in [2.24, 2.45) is 0 Å². The number of hydrogen-bond acceptors (Lipinski definition) is 2. The van der Waals surface area contributed by atoms with Gasteiger partial charge in [0.2, 0.25) is 0 Å². The number of carboxylic acid groups (broad SMARTS) is 1. The molecule has 0 aromatic heterocycles. The number of Topliss-reactive ketones (excluding diaryl/α,β-unsaturated/α-hetero) is 1. The predicted octanol–water partition coefficient (Wildman–Crippen LogP) is 2.69. The summed E-state index contributed by atoms with van der Waals surface area (Å²) in [6.07, 6.45) is -0.464. The molecule has 0 aliphatic heterocycles. The average molecular weight is 307 g/mol. The lowest BCUT2D eigenvalue weighted by Crippen LogP contribution is -2.19. The van der Waals surface area contributed by atoms with Crippen LogP contribution in [0.15, 0.2) is 12.1 Å². The van der Waals surface area contributed by atoms with E-state index in [4.69, 9.17) is 5.11 Å². The summed E-state index contributed by atoms with van der Waals surface area (Å²) in [6.45, 7) is 1.39. The van der Waals surface area contributed by atoms with Crippen molar-refractivity contribution >= 4 is 27.7 Å². The maximum absolute atomic E-state index is 13.3. The zero-order valence-corrected chi connectivity index (χ0v) is 10.4. The molecule has 0 fully saturated rings. The van der Waals surface area contributed by atoms with E-state index in [2.05, 4.69) is 15.9 Å². The fraction of sp³-hybridized carbons (Fsp3) is 0.273. The van der Waals surface area contributed by atoms with Crippen LogP contribution in [0.4, 0.5) is 8.78 Å². The lowest BCUT2D eigenvalue weighted by atomic mass is 10.0. The van der Waals surface area contributed by atoms with Gasteiger partial charge in [-0.25, -0.2) is 8.78 Å². The molecule has 1 aromatic rings. The van der Waals surface area contributed by atoms with Crippen LogP contribution in [0.5, 0.6) is 0 Å². The first-order valence-corrected chi connectivity index (χ1v) is 5.60. The number of rotatable bonds is 4. The molecular weight excluding hydrogens is 298 g/mol. The number of carboxylic acids is 1. The van der Waals surface area contributed by atoms with E-state index in [1.54, 1.807) is 0 Å². The fourth-order valence-electron chi connectivity index (χ4n) is 1.26. The Morgan fingerprint density at radius 1 is 1.35 bits per heavy atom. The number of carbonyl (C=O) groups excluding carboxylic acids is 1. The van der Waals surface area contributed by atoms with Crippen molar-refractivity contribution in [3.05, 3.63) is 34.9 Å². The highest BCUT2D eigenvalue weighted by Gasteiger charge is 2.23. The second kappa shape index (κ2) is 5.35. The van der Waals surface area contributed by atoms with Crippen molar-refractivity contribution in [1.29, 1.82) is 0 Å². The van der Waals surface area contributed by atoms with Gasteiger partial charge in [0.1, 0.15) is 11.6 Å². The normalized spacial score (nSPS) is 12.2. The average Bonchev–Trinajstić information content (AvgIpc) is 2.21. The summed E-state index contributed by atoms with van der Waals surface area (Å²) in [4.78, 5) is 21.1. The van der Waals surface area contributed by atoms with Crippen LogP contribution in [0, 0.1) is 18.6 Å². The molecule has 0 heterocycles. The van der Waals surface area contributed by atoms with Crippen molar-refractivity contribution < 1.29 is 23.5 Å². The molecule has 1 unspecified atom stereocenters. The van der Waals surface area contributed by atoms with Crippen molar-refractivity contribution in [2.75, 3.05) is 0 Å². The Morgan fingerprint density at radius 3 is 2.47 bits per heavy atom. The molecule has 17 heavy (non-hydrogen) atoms. The standard InChI is InChI=1S/C11H9BrF2O3/c1-5-2-6(9(14)4-8(5)13)11(17)7(12)3-10(15)16/h2,4,7H,3H2,1H3,(H,15,16). The topological polar surface area (TPSA) is 54.4 Å². The van der Waals surface area contributed by atoms with Gasteiger partial charge in [0.25, 0.3) is 0 Å². The minimum Gasteiger partial charge on any atom is -0.481 e. The lowest BCUT2D eigenvalue weighted by Gasteiger charge is -2.08. The van der Waals surface area contributed by atoms with Crippen LogP contribution in [0.25, 0.3) is 0 Å². The Kier molecular flexibility index (Phi) is 4.34. The number of aryl methyl sites for hydroxylation is 1. The zero-order chi connectivity index (χ0) is 13.2. The van der Waals surface area contributed by atoms with Crippen molar-refractivity contribution in [3.8, 4) is 0 Å². The van der Waals surface area contributed by atoms with Gasteiger partial charge in [-0.15, -0.1) is 0 Å². The number of aliphatic carboxylic acids is 1. The summed E-state index contributed by atoms with van der Waals surface area (Å²) in [7, 11) is 0. The Morgan fingerprint density at radius 2 is 1.94 bits per heavy atom. The lowest BCUT2D eigenvalue weighted by molar-refractivity contribution is -0.136. The van der Waals surface area contributed by atoms with Crippen molar-refractivity contribution in [1.82, 2.24) is 0 Å². The third-order valence-corrected chi connectivity index (χ3v) is 2.89. The van der Waals surface area contributed by atoms with E-state index in [-0.39, 0.29) is 11.1 Å². The van der Waals surface area contributed by atoms with Gasteiger partial charge in [-0.2, -0.15) is 0 Å². The molecule has 0 saturated carbocycles. The first-order chi connectivity index (χ1) is 7.82. The van der Waals surface area contributed by atoms with Gasteiger partial charge in [-0.05, 0) is 18.6 Å². The minimum atomic E-state index is -1.18. The minimum absolute atomic E-state index is 0.129. The molecule has 0 spiro atoms. The Hall–Kier alpha value is -1.30. The molecule has 0 aliphatic carbocycles. The fourth-order valence-corrected chi connectivity index (χ4v) is 1.78. The SMILES string of the molecule is Cc1cc(C(=O)C(Br)CC(=O)O)c(F)cc1F. The van der Waals surface area contributed by atoms with Gasteiger partial charge in [-0.3, -0.25) is 9.59 Å². The number of carbonyl (C=O) groups is 2. The van der Waals surface area contributed by atoms with Gasteiger partial charge in [-0.1, -0.05) is 15.9 Å². The summed E-state index contributed by atoms with van der Waals surface area (Å²) in [6, 6.07) is 1.69. The second-order valence-electron chi connectivity index (χ2n) is 3.51. The third kappa shape index (κ3) is 3.33. The molecule has 1 atom stereocenters. The maximum Gasteiger partial charge on any atom is 0.304 e. The number of benzene rings is 1. The Bertz CT molecular complexity index is 474. The molecule has 0 aliphatic rings. The molecule has 0 saturated heterocycles. The van der Waals surface area contributed by atoms with E-state index >= 15 is 0 Å². The van der Waals surface area contributed by atoms with Gasteiger partial charge >= 0.3 is 5.97 Å². The molecule has 1 rings (SSSR count). The van der Waals surface area contributed by atoms with Crippen molar-refractivity contribution in [2.45, 2.75) is 18.2 Å². The summed E-state index contributed by atoms with van der Waals surface area (Å²) in [5.74, 6) is -3.64. The molecule has 1 aromatic carbocycles. The second-order valence-corrected chi connectivity index (χ2v) is 4.62. The molecule has 1 N–H and O–H groups in total. The van der Waals surface area contributed by atoms with E-state index in [1.807, 2.05) is 0 Å². The van der Waals surface area contributed by atoms with Crippen LogP contribution >= 0.6 is 15.9 Å². The summed E-state index contributed by atoms with van der Waals surface area (Å²) in [5, 5.41) is 8.51. The number of hydrogen-bond donors (Lipinski definition) is 1. The van der Waals surface area contributed by atoms with E-state index in [1.165, 1.54) is 6.92 Å². The van der Waals surface area contributed by atoms with Crippen molar-refractivity contribution in [3.63, 3.8) is 0 Å². The summed E-state index contributed by atoms with van der Waals surface area (Å²) < 4.78 is 26.3. The smallest absolute Gasteiger partial charge is 0.304 e. The van der Waals surface area contributed by atoms with Crippen LogP contribution in [0.3, 0.4) is 0 Å². The zero-order valence-electron chi connectivity index (χ0n) is 8.84. The Balaban J connectivity index is 3.04. The van der Waals surface area contributed by atoms with Gasteiger partial charge in [0, 0.05) is 6.07 Å². The largest absolute Gasteiger partial charge is 0.481 e. The highest BCUT2D eigenvalue weighted by Crippen LogP contribution is 2.19. The van der Waals surface area contributed by atoms with Crippen LogP contribution in [-0.2, 0) is 4.79 Å². The van der Waals surface area contributed by atoms with E-state index in [0.29, 0.717) is 6.07 Å². The number of ketones is 1. The van der Waals surface area contributed by atoms with Crippen LogP contribution < -0.4 is 0 Å². The number of halogens is 3. The maximum atomic E-state index is 13.3. The molecule has 0 radical (unpaired) electrons. The van der Waals surface area contributed by atoms with E-state index in [9.17, 15) is 18.4 Å². The summed E-state index contributed by atoms with van der Waals surface area (Å²) in [5.41, 5.74) is -0.184. The van der Waals surface area contributed by atoms with Crippen LogP contribution in [0.2, 0.25) is 0 Å². The molecule has 0 bridgehead atoms. The van der Waals surface area contributed by atoms with Crippen LogP contribution in [-0.4, -0.2) is 21.7 Å². The van der Waals surface area contributed by atoms with Gasteiger partial charge < -0.3 is 5.11 Å². The molecule has 92 valence electrons. The first-order valence-electron chi connectivity index (χ1n) is 4.68. The number of alkyl halides is 1. The van der Waals surface area contributed by atoms with E-state index < -0.39 is 34.6 Å². The summed E-state index contributed by atoms with van der Waals surface area (Å²) >= 11 is 2.87. The monoisotopic (exact) mass is 306 g/mol. The predicted molar refractivity (Wildman–Crippen MR) is 60.4 cm³/mol. The molecular formula is C11H9BrF2O3. The Labute approximate surface area is 105 Å². The highest BCUT2D eigenvalue weighted by atomic mass is 79.9. The molecule has 6 heteroatoms. The first kappa shape index (κ1) is 13.8. The highest BCUT2D eigenvalue weighted by molar-refractivity contribution is 9.10. The van der Waals surface area contributed by atoms with Gasteiger partial charge in [0.15, 0.2) is 5.78 Å².